The first-order chi connectivity index (χ1) is 8.59. The molecule has 1 fully saturated rings. The summed E-state index contributed by atoms with van der Waals surface area (Å²) in [5.41, 5.74) is 0.120. The fraction of sp³-hybridized carbons (Fsp3) is 0.455. The van der Waals surface area contributed by atoms with Gasteiger partial charge in [0.2, 0.25) is 0 Å². The van der Waals surface area contributed by atoms with Gasteiger partial charge in [0.15, 0.2) is 0 Å². The molecule has 0 aliphatic carbocycles. The van der Waals surface area contributed by atoms with Crippen LogP contribution in [0.25, 0.3) is 0 Å². The second-order valence-electron chi connectivity index (χ2n) is 4.02. The number of rotatable bonds is 2. The van der Waals surface area contributed by atoms with E-state index in [2.05, 4.69) is 5.32 Å². The van der Waals surface area contributed by atoms with Crippen LogP contribution in [-0.2, 0) is 4.74 Å². The highest BCUT2D eigenvalue weighted by molar-refractivity contribution is 7.14. The highest BCUT2D eigenvalue weighted by atomic mass is 32.1. The van der Waals surface area contributed by atoms with Gasteiger partial charge in [-0.2, -0.15) is 0 Å². The van der Waals surface area contributed by atoms with E-state index in [1.165, 1.54) is 17.4 Å². The van der Waals surface area contributed by atoms with Crippen molar-refractivity contribution in [1.29, 1.82) is 0 Å². The lowest BCUT2D eigenvalue weighted by Gasteiger charge is -2.33. The molecular formula is C11H14N2O4S. The molecule has 98 valence electrons. The molecule has 0 unspecified atom stereocenters. The van der Waals surface area contributed by atoms with Gasteiger partial charge < -0.3 is 14.7 Å². The van der Waals surface area contributed by atoms with Gasteiger partial charge in [-0.1, -0.05) is 0 Å². The van der Waals surface area contributed by atoms with E-state index in [1.807, 2.05) is 6.92 Å². The van der Waals surface area contributed by atoms with E-state index in [-0.39, 0.29) is 17.6 Å². The summed E-state index contributed by atoms with van der Waals surface area (Å²) in [6.45, 7) is 3.42. The monoisotopic (exact) mass is 270 g/mol. The number of thiophene rings is 1. The Morgan fingerprint density at radius 1 is 1.61 bits per heavy atom. The molecule has 0 saturated carbocycles. The van der Waals surface area contributed by atoms with Crippen molar-refractivity contribution in [1.82, 2.24) is 4.90 Å². The average Bonchev–Trinajstić information content (AvgIpc) is 2.77. The largest absolute Gasteiger partial charge is 0.478 e. The molecule has 1 atom stereocenters. The summed E-state index contributed by atoms with van der Waals surface area (Å²) in [5.74, 6) is -1.04. The number of ether oxygens (including phenoxy) is 1. The number of hydrogen-bond acceptors (Lipinski definition) is 4. The van der Waals surface area contributed by atoms with Crippen LogP contribution in [0.3, 0.4) is 0 Å². The van der Waals surface area contributed by atoms with E-state index in [1.54, 1.807) is 10.3 Å². The lowest BCUT2D eigenvalue weighted by molar-refractivity contribution is 0.0222. The lowest BCUT2D eigenvalue weighted by Crippen LogP contribution is -2.48. The van der Waals surface area contributed by atoms with Gasteiger partial charge in [0.25, 0.3) is 0 Å². The van der Waals surface area contributed by atoms with Gasteiger partial charge >= 0.3 is 12.0 Å². The molecule has 0 radical (unpaired) electrons. The molecule has 0 bridgehead atoms. The number of carbonyl (C=O) groups is 2. The second-order valence-corrected chi connectivity index (χ2v) is 4.93. The van der Waals surface area contributed by atoms with Gasteiger partial charge in [0, 0.05) is 6.54 Å². The van der Waals surface area contributed by atoms with E-state index < -0.39 is 5.97 Å². The number of nitrogens with one attached hydrogen (secondary N) is 1. The van der Waals surface area contributed by atoms with Gasteiger partial charge in [-0.05, 0) is 18.4 Å². The minimum Gasteiger partial charge on any atom is -0.478 e. The van der Waals surface area contributed by atoms with Crippen LogP contribution < -0.4 is 5.32 Å². The van der Waals surface area contributed by atoms with Crippen molar-refractivity contribution in [3.63, 3.8) is 0 Å². The average molecular weight is 270 g/mol. The minimum atomic E-state index is -1.04. The molecule has 1 aromatic heterocycles. The number of morpholine rings is 1. The lowest BCUT2D eigenvalue weighted by atomic mass is 10.3. The summed E-state index contributed by atoms with van der Waals surface area (Å²) >= 11 is 1.20. The zero-order valence-corrected chi connectivity index (χ0v) is 10.7. The first-order valence-electron chi connectivity index (χ1n) is 5.55. The van der Waals surface area contributed by atoms with Crippen LogP contribution in [0.5, 0.6) is 0 Å². The molecule has 2 amide bonds. The fourth-order valence-electron chi connectivity index (χ4n) is 1.77. The maximum absolute atomic E-state index is 12.0. The number of anilines is 1. The normalized spacial score (nSPS) is 19.6. The molecule has 2 rings (SSSR count). The summed E-state index contributed by atoms with van der Waals surface area (Å²) in [5, 5.41) is 13.6. The highest BCUT2D eigenvalue weighted by Gasteiger charge is 2.25. The summed E-state index contributed by atoms with van der Waals surface area (Å²) in [4.78, 5) is 24.6. The van der Waals surface area contributed by atoms with Crippen molar-refractivity contribution in [2.75, 3.05) is 25.1 Å². The Hall–Kier alpha value is -1.60. The van der Waals surface area contributed by atoms with Crippen LogP contribution in [0.15, 0.2) is 11.4 Å². The van der Waals surface area contributed by atoms with Crippen molar-refractivity contribution in [2.45, 2.75) is 13.0 Å². The topological polar surface area (TPSA) is 78.9 Å². The number of carboxylic acid groups (broad SMARTS) is 1. The first kappa shape index (κ1) is 12.8. The molecule has 0 aromatic carbocycles. The Labute approximate surface area is 108 Å². The van der Waals surface area contributed by atoms with E-state index in [0.717, 1.165) is 0 Å². The summed E-state index contributed by atoms with van der Waals surface area (Å²) in [6, 6.07) is 1.19. The smallest absolute Gasteiger partial charge is 0.338 e. The quantitative estimate of drug-likeness (QED) is 0.857. The Morgan fingerprint density at radius 2 is 2.39 bits per heavy atom. The zero-order valence-electron chi connectivity index (χ0n) is 9.88. The Kier molecular flexibility index (Phi) is 3.83. The number of nitrogens with zero attached hydrogens (tertiary/aromatic N) is 1. The van der Waals surface area contributed by atoms with E-state index in [9.17, 15) is 9.59 Å². The second kappa shape index (κ2) is 5.36. The van der Waals surface area contributed by atoms with Crippen LogP contribution in [-0.4, -0.2) is 47.8 Å². The third-order valence-electron chi connectivity index (χ3n) is 2.74. The summed E-state index contributed by atoms with van der Waals surface area (Å²) in [7, 11) is 0. The molecule has 7 heteroatoms. The predicted octanol–water partition coefficient (Wildman–Crippen LogP) is 1.70. The Balaban J connectivity index is 2.06. The fourth-order valence-corrected chi connectivity index (χ4v) is 2.54. The Bertz CT molecular complexity index is 460. The van der Waals surface area contributed by atoms with Gasteiger partial charge in [0.1, 0.15) is 5.00 Å². The molecule has 6 nitrogen and oxygen atoms in total. The zero-order chi connectivity index (χ0) is 13.1. The molecular weight excluding hydrogens is 256 g/mol. The molecule has 1 aromatic rings. The standard InChI is InChI=1S/C11H14N2O4S/c1-7-6-17-4-3-13(7)11(16)12-9-8(10(14)15)2-5-18-9/h2,5,7H,3-4,6H2,1H3,(H,12,16)(H,14,15)/t7-/m1/s1. The first-order valence-corrected chi connectivity index (χ1v) is 6.43. The molecule has 2 heterocycles. The van der Waals surface area contributed by atoms with Crippen LogP contribution in [0.2, 0.25) is 0 Å². The SMILES string of the molecule is C[C@@H]1COCCN1C(=O)Nc1sccc1C(=O)O. The van der Waals surface area contributed by atoms with Crippen molar-refractivity contribution in [3.8, 4) is 0 Å². The number of amides is 2. The van der Waals surface area contributed by atoms with Crippen molar-refractivity contribution < 1.29 is 19.4 Å². The predicted molar refractivity (Wildman–Crippen MR) is 67.3 cm³/mol. The van der Waals surface area contributed by atoms with E-state index in [4.69, 9.17) is 9.84 Å². The summed E-state index contributed by atoms with van der Waals surface area (Å²) < 4.78 is 5.25. The Morgan fingerprint density at radius 3 is 3.06 bits per heavy atom. The van der Waals surface area contributed by atoms with Gasteiger partial charge in [-0.25, -0.2) is 9.59 Å². The van der Waals surface area contributed by atoms with Crippen LogP contribution in [0.4, 0.5) is 9.80 Å². The van der Waals surface area contributed by atoms with Crippen molar-refractivity contribution in [3.05, 3.63) is 17.0 Å². The van der Waals surface area contributed by atoms with Gasteiger partial charge in [-0.3, -0.25) is 5.32 Å². The third kappa shape index (κ3) is 2.62. The minimum absolute atomic E-state index is 0.00742. The molecule has 18 heavy (non-hydrogen) atoms. The number of carbonyl (C=O) groups excluding carboxylic acids is 1. The van der Waals surface area contributed by atoms with Gasteiger partial charge in [-0.15, -0.1) is 11.3 Å². The molecule has 1 aliphatic rings. The number of carboxylic acids is 1. The van der Waals surface area contributed by atoms with E-state index >= 15 is 0 Å². The molecule has 2 N–H and O–H groups in total. The third-order valence-corrected chi connectivity index (χ3v) is 3.57. The van der Waals surface area contributed by atoms with Crippen LogP contribution >= 0.6 is 11.3 Å². The van der Waals surface area contributed by atoms with E-state index in [0.29, 0.717) is 24.8 Å². The molecule has 1 saturated heterocycles. The number of aromatic carboxylic acids is 1. The molecule has 0 spiro atoms. The maximum Gasteiger partial charge on any atom is 0.338 e. The van der Waals surface area contributed by atoms with Crippen LogP contribution in [0.1, 0.15) is 17.3 Å². The van der Waals surface area contributed by atoms with Crippen molar-refractivity contribution >= 4 is 28.3 Å². The number of urea groups is 1. The maximum atomic E-state index is 12.0. The highest BCUT2D eigenvalue weighted by Crippen LogP contribution is 2.24. The number of hydrogen-bond donors (Lipinski definition) is 2. The van der Waals surface area contributed by atoms with Crippen molar-refractivity contribution in [2.24, 2.45) is 0 Å². The summed E-state index contributed by atoms with van der Waals surface area (Å²) in [6.07, 6.45) is 0. The molecule has 1 aliphatic heterocycles. The van der Waals surface area contributed by atoms with Crippen LogP contribution in [0, 0.1) is 0 Å². The van der Waals surface area contributed by atoms with Gasteiger partial charge in [0.05, 0.1) is 24.8 Å².